The maximum Gasteiger partial charge on any atom is 0.262 e. The average molecular weight is 447 g/mol. The van der Waals surface area contributed by atoms with Crippen LogP contribution in [0.15, 0.2) is 72.8 Å². The number of halogens is 1. The second-order valence-corrected chi connectivity index (χ2v) is 8.46. The molecule has 0 radical (unpaired) electrons. The van der Waals surface area contributed by atoms with Crippen LogP contribution in [0, 0.1) is 11.7 Å². The number of nitrogens with one attached hydrogen (secondary N) is 1. The van der Waals surface area contributed by atoms with E-state index in [1.807, 2.05) is 61.2 Å². The van der Waals surface area contributed by atoms with Crippen molar-refractivity contribution < 1.29 is 18.7 Å². The number of benzene rings is 3. The van der Waals surface area contributed by atoms with Gasteiger partial charge in [-0.3, -0.25) is 9.59 Å². The van der Waals surface area contributed by atoms with Crippen LogP contribution >= 0.6 is 0 Å². The molecule has 33 heavy (non-hydrogen) atoms. The van der Waals surface area contributed by atoms with E-state index in [4.69, 9.17) is 4.74 Å². The van der Waals surface area contributed by atoms with Crippen molar-refractivity contribution in [2.45, 2.75) is 26.3 Å². The fourth-order valence-corrected chi connectivity index (χ4v) is 4.16. The minimum Gasteiger partial charge on any atom is -0.484 e. The molecule has 0 fully saturated rings. The molecule has 0 spiro atoms. The Labute approximate surface area is 193 Å². The third-order valence-corrected chi connectivity index (χ3v) is 5.71. The first-order chi connectivity index (χ1) is 15.9. The average Bonchev–Trinajstić information content (AvgIpc) is 2.82. The zero-order valence-corrected chi connectivity index (χ0v) is 18.8. The first kappa shape index (κ1) is 22.5. The number of carbonyl (C=O) groups excluding carboxylic acids is 2. The number of hydrogen-bond donors (Lipinski definition) is 1. The summed E-state index contributed by atoms with van der Waals surface area (Å²) in [4.78, 5) is 27.1. The molecule has 4 rings (SSSR count). The summed E-state index contributed by atoms with van der Waals surface area (Å²) < 4.78 is 19.8. The van der Waals surface area contributed by atoms with Crippen LogP contribution in [0.2, 0.25) is 0 Å². The second-order valence-electron chi connectivity index (χ2n) is 8.46. The Balaban J connectivity index is 1.59. The molecule has 1 heterocycles. The predicted molar refractivity (Wildman–Crippen MR) is 126 cm³/mol. The van der Waals surface area contributed by atoms with E-state index in [1.54, 1.807) is 18.2 Å². The van der Waals surface area contributed by atoms with E-state index in [1.165, 1.54) is 12.1 Å². The molecule has 1 atom stereocenters. The van der Waals surface area contributed by atoms with Gasteiger partial charge in [-0.25, -0.2) is 4.39 Å². The number of carbonyl (C=O) groups is 2. The van der Waals surface area contributed by atoms with Crippen molar-refractivity contribution in [1.29, 1.82) is 0 Å². The number of hydrogen-bond acceptors (Lipinski definition) is 3. The fourth-order valence-electron chi connectivity index (χ4n) is 4.16. The molecule has 1 N–H and O–H groups in total. The minimum atomic E-state index is -0.416. The summed E-state index contributed by atoms with van der Waals surface area (Å²) in [5.74, 6) is -0.247. The van der Waals surface area contributed by atoms with Gasteiger partial charge in [-0.05, 0) is 59.5 Å². The molecule has 0 unspecified atom stereocenters. The van der Waals surface area contributed by atoms with Crippen molar-refractivity contribution in [1.82, 2.24) is 4.90 Å². The van der Waals surface area contributed by atoms with Crippen molar-refractivity contribution >= 4 is 17.5 Å². The lowest BCUT2D eigenvalue weighted by molar-refractivity contribution is -0.136. The topological polar surface area (TPSA) is 58.6 Å². The molecular formula is C27H27FN2O3. The molecule has 3 aromatic rings. The zero-order valence-electron chi connectivity index (χ0n) is 18.8. The molecular weight excluding hydrogens is 419 g/mol. The van der Waals surface area contributed by atoms with Gasteiger partial charge in [-0.2, -0.15) is 0 Å². The number of amides is 2. The lowest BCUT2D eigenvalue weighted by Gasteiger charge is -2.39. The van der Waals surface area contributed by atoms with Crippen LogP contribution < -0.4 is 10.1 Å². The highest BCUT2D eigenvalue weighted by atomic mass is 19.1. The Bertz CT molecular complexity index is 1150. The standard InChI is InChI=1S/C27H27FN2O3/c1-18(2)27(32)30-14-13-19-11-12-23(33-17-25(31)29-22-9-4-3-5-10-22)16-24(19)26(30)20-7-6-8-21(28)15-20/h3-12,15-16,18,26H,13-14,17H2,1-2H3,(H,29,31)/t26-/m1/s1. The maximum atomic E-state index is 14.1. The summed E-state index contributed by atoms with van der Waals surface area (Å²) >= 11 is 0. The summed E-state index contributed by atoms with van der Waals surface area (Å²) in [5.41, 5.74) is 3.38. The predicted octanol–water partition coefficient (Wildman–Crippen LogP) is 4.97. The Morgan fingerprint density at radius 2 is 1.85 bits per heavy atom. The molecule has 5 nitrogen and oxygen atoms in total. The molecule has 0 saturated carbocycles. The van der Waals surface area contributed by atoms with Gasteiger partial charge >= 0.3 is 0 Å². The van der Waals surface area contributed by atoms with Crippen LogP contribution in [0.4, 0.5) is 10.1 Å². The van der Waals surface area contributed by atoms with E-state index in [0.29, 0.717) is 30.0 Å². The van der Waals surface area contributed by atoms with Crippen molar-refractivity contribution in [2.75, 3.05) is 18.5 Å². The van der Waals surface area contributed by atoms with Crippen LogP contribution in [0.25, 0.3) is 0 Å². The van der Waals surface area contributed by atoms with Crippen molar-refractivity contribution in [3.8, 4) is 5.75 Å². The summed E-state index contributed by atoms with van der Waals surface area (Å²) in [5, 5.41) is 2.79. The lowest BCUT2D eigenvalue weighted by Crippen LogP contribution is -2.42. The monoisotopic (exact) mass is 446 g/mol. The molecule has 2 amide bonds. The van der Waals surface area contributed by atoms with Gasteiger partial charge in [0.2, 0.25) is 5.91 Å². The van der Waals surface area contributed by atoms with Crippen molar-refractivity contribution in [3.05, 3.63) is 95.3 Å². The van der Waals surface area contributed by atoms with Gasteiger partial charge < -0.3 is 15.0 Å². The molecule has 1 aliphatic rings. The molecule has 6 heteroatoms. The van der Waals surface area contributed by atoms with Gasteiger partial charge in [0.15, 0.2) is 6.61 Å². The quantitative estimate of drug-likeness (QED) is 0.581. The van der Waals surface area contributed by atoms with E-state index >= 15 is 0 Å². The summed E-state index contributed by atoms with van der Waals surface area (Å²) in [6.07, 6.45) is 0.703. The Kier molecular flexibility index (Phi) is 6.73. The number of fused-ring (bicyclic) bond motifs is 1. The van der Waals surface area contributed by atoms with E-state index in [0.717, 1.165) is 11.1 Å². The second kappa shape index (κ2) is 9.86. The molecule has 0 aliphatic carbocycles. The largest absolute Gasteiger partial charge is 0.484 e. The van der Waals surface area contributed by atoms with Crippen molar-refractivity contribution in [2.24, 2.45) is 5.92 Å². The zero-order chi connectivity index (χ0) is 23.4. The van der Waals surface area contributed by atoms with Crippen LogP contribution in [0.3, 0.4) is 0 Å². The van der Waals surface area contributed by atoms with E-state index < -0.39 is 6.04 Å². The minimum absolute atomic E-state index is 0.0171. The lowest BCUT2D eigenvalue weighted by atomic mass is 9.87. The molecule has 1 aliphatic heterocycles. The molecule has 3 aromatic carbocycles. The van der Waals surface area contributed by atoms with Crippen molar-refractivity contribution in [3.63, 3.8) is 0 Å². The molecule has 170 valence electrons. The highest BCUT2D eigenvalue weighted by molar-refractivity contribution is 5.91. The smallest absolute Gasteiger partial charge is 0.262 e. The Morgan fingerprint density at radius 3 is 2.58 bits per heavy atom. The van der Waals surface area contributed by atoms with Crippen LogP contribution in [0.1, 0.15) is 36.6 Å². The van der Waals surface area contributed by atoms with Crippen LogP contribution in [-0.4, -0.2) is 29.9 Å². The number of para-hydroxylation sites is 1. The third-order valence-electron chi connectivity index (χ3n) is 5.71. The first-order valence-electron chi connectivity index (χ1n) is 11.1. The summed E-state index contributed by atoms with van der Waals surface area (Å²) in [7, 11) is 0. The number of anilines is 1. The third kappa shape index (κ3) is 5.22. The van der Waals surface area contributed by atoms with Gasteiger partial charge in [0.25, 0.3) is 5.91 Å². The summed E-state index contributed by atoms with van der Waals surface area (Å²) in [6, 6.07) is 20.8. The van der Waals surface area contributed by atoms with E-state index in [2.05, 4.69) is 5.32 Å². The molecule has 0 saturated heterocycles. The number of nitrogens with zero attached hydrogens (tertiary/aromatic N) is 1. The molecule has 0 bridgehead atoms. The normalized spacial score (nSPS) is 15.2. The van der Waals surface area contributed by atoms with E-state index in [9.17, 15) is 14.0 Å². The Morgan fingerprint density at radius 1 is 1.06 bits per heavy atom. The summed E-state index contributed by atoms with van der Waals surface area (Å²) in [6.45, 7) is 4.15. The van der Waals surface area contributed by atoms with Gasteiger partial charge in [0.05, 0.1) is 6.04 Å². The maximum absolute atomic E-state index is 14.1. The number of rotatable bonds is 6. The number of ether oxygens (including phenoxy) is 1. The SMILES string of the molecule is CC(C)C(=O)N1CCc2ccc(OCC(=O)Nc3ccccc3)cc2[C@H]1c1cccc(F)c1. The van der Waals surface area contributed by atoms with Crippen LogP contribution in [0.5, 0.6) is 5.75 Å². The van der Waals surface area contributed by atoms with Gasteiger partial charge in [0.1, 0.15) is 11.6 Å². The highest BCUT2D eigenvalue weighted by Crippen LogP contribution is 2.38. The van der Waals surface area contributed by atoms with Gasteiger partial charge in [-0.1, -0.05) is 50.2 Å². The van der Waals surface area contributed by atoms with Crippen LogP contribution in [-0.2, 0) is 16.0 Å². The molecule has 0 aromatic heterocycles. The van der Waals surface area contributed by atoms with Gasteiger partial charge in [-0.15, -0.1) is 0 Å². The highest BCUT2D eigenvalue weighted by Gasteiger charge is 2.33. The Hall–Kier alpha value is -3.67. The van der Waals surface area contributed by atoms with E-state index in [-0.39, 0.29) is 30.2 Å². The fraction of sp³-hybridized carbons (Fsp3) is 0.259. The first-order valence-corrected chi connectivity index (χ1v) is 11.1. The van der Waals surface area contributed by atoms with Gasteiger partial charge in [0, 0.05) is 18.2 Å².